The van der Waals surface area contributed by atoms with Gasteiger partial charge < -0.3 is 20.9 Å². The van der Waals surface area contributed by atoms with Gasteiger partial charge in [-0.3, -0.25) is 14.4 Å². The second-order valence-electron chi connectivity index (χ2n) is 11.1. The van der Waals surface area contributed by atoms with Crippen LogP contribution in [0.1, 0.15) is 48.8 Å². The summed E-state index contributed by atoms with van der Waals surface area (Å²) in [7, 11) is 1.82. The molecule has 0 radical (unpaired) electrons. The molecule has 2 aromatic carbocycles. The maximum Gasteiger partial charge on any atom is 0.243 e. The van der Waals surface area contributed by atoms with Gasteiger partial charge in [0.2, 0.25) is 17.7 Å². The van der Waals surface area contributed by atoms with Gasteiger partial charge in [-0.2, -0.15) is 5.26 Å². The second kappa shape index (κ2) is 12.5. The number of aryl methyl sites for hydroxylation is 1. The first kappa shape index (κ1) is 28.2. The van der Waals surface area contributed by atoms with Gasteiger partial charge in [0, 0.05) is 39.6 Å². The predicted octanol–water partition coefficient (Wildman–Crippen LogP) is 1.65. The quantitative estimate of drug-likeness (QED) is 0.407. The van der Waals surface area contributed by atoms with E-state index < -0.39 is 12.1 Å². The van der Waals surface area contributed by atoms with E-state index in [0.717, 1.165) is 48.1 Å². The zero-order valence-electron chi connectivity index (χ0n) is 23.3. The molecule has 5 rings (SSSR count). The first-order valence-electron chi connectivity index (χ1n) is 14.2. The second-order valence-corrected chi connectivity index (χ2v) is 11.1. The zero-order valence-corrected chi connectivity index (χ0v) is 23.3. The van der Waals surface area contributed by atoms with Crippen molar-refractivity contribution in [1.29, 1.82) is 5.26 Å². The lowest BCUT2D eigenvalue weighted by molar-refractivity contribution is -0.140. The van der Waals surface area contributed by atoms with Crippen molar-refractivity contribution in [3.8, 4) is 6.07 Å². The highest BCUT2D eigenvalue weighted by molar-refractivity contribution is 5.91. The van der Waals surface area contributed by atoms with Crippen LogP contribution < -0.4 is 11.1 Å². The fourth-order valence-electron chi connectivity index (χ4n) is 5.85. The van der Waals surface area contributed by atoms with Crippen LogP contribution >= 0.6 is 0 Å². The molecule has 0 aliphatic carbocycles. The molecule has 2 aliphatic heterocycles. The molecule has 3 amide bonds. The smallest absolute Gasteiger partial charge is 0.243 e. The number of hydrogen-bond donors (Lipinski definition) is 2. The van der Waals surface area contributed by atoms with Gasteiger partial charge in [0.15, 0.2) is 0 Å². The number of aromatic nitrogens is 3. The zero-order chi connectivity index (χ0) is 28.9. The molecule has 214 valence electrons. The largest absolute Gasteiger partial charge is 0.350 e. The van der Waals surface area contributed by atoms with Gasteiger partial charge in [0.05, 0.1) is 23.2 Å². The van der Waals surface area contributed by atoms with Gasteiger partial charge in [-0.1, -0.05) is 23.4 Å². The van der Waals surface area contributed by atoms with Gasteiger partial charge >= 0.3 is 0 Å². The highest BCUT2D eigenvalue weighted by Gasteiger charge is 2.41. The van der Waals surface area contributed by atoms with Crippen molar-refractivity contribution in [2.45, 2.75) is 57.2 Å². The number of nitrogens with zero attached hydrogens (tertiary/aromatic N) is 6. The van der Waals surface area contributed by atoms with Gasteiger partial charge in [-0.05, 0) is 73.4 Å². The van der Waals surface area contributed by atoms with Crippen molar-refractivity contribution in [1.82, 2.24) is 30.1 Å². The monoisotopic (exact) mass is 556 g/mol. The fourth-order valence-corrected chi connectivity index (χ4v) is 5.85. The number of likely N-dealkylation sites (tertiary alicyclic amines) is 2. The molecule has 41 heavy (non-hydrogen) atoms. The molecule has 3 N–H and O–H groups in total. The molecule has 1 unspecified atom stereocenters. The average Bonchev–Trinajstić information content (AvgIpc) is 3.75. The third kappa shape index (κ3) is 6.55. The Morgan fingerprint density at radius 2 is 1.85 bits per heavy atom. The molecule has 2 saturated heterocycles. The van der Waals surface area contributed by atoms with E-state index in [2.05, 4.69) is 21.7 Å². The van der Waals surface area contributed by atoms with Crippen LogP contribution in [-0.2, 0) is 34.4 Å². The minimum absolute atomic E-state index is 0.0280. The first-order valence-corrected chi connectivity index (χ1v) is 14.2. The summed E-state index contributed by atoms with van der Waals surface area (Å²) in [5.74, 6) is -0.458. The van der Waals surface area contributed by atoms with E-state index in [1.807, 2.05) is 42.3 Å². The Hall–Kier alpha value is -4.30. The minimum atomic E-state index is -0.857. The Morgan fingerprint density at radius 3 is 2.59 bits per heavy atom. The number of carbonyl (C=O) groups is 3. The van der Waals surface area contributed by atoms with Crippen molar-refractivity contribution in [2.75, 3.05) is 19.6 Å². The molecule has 11 nitrogen and oxygen atoms in total. The Balaban J connectivity index is 1.25. The molecule has 2 fully saturated rings. The lowest BCUT2D eigenvalue weighted by Gasteiger charge is -2.27. The van der Waals surface area contributed by atoms with E-state index >= 15 is 0 Å². The van der Waals surface area contributed by atoms with Crippen molar-refractivity contribution in [3.05, 3.63) is 59.2 Å². The fraction of sp³-hybridized carbons (Fsp3) is 0.467. The number of nitrogens with two attached hydrogens (primary N) is 1. The normalized spacial score (nSPS) is 19.3. The summed E-state index contributed by atoms with van der Waals surface area (Å²) in [5, 5.41) is 20.3. The summed E-state index contributed by atoms with van der Waals surface area (Å²) < 4.78 is 1.69. The summed E-state index contributed by atoms with van der Waals surface area (Å²) in [4.78, 5) is 43.0. The molecule has 0 spiro atoms. The maximum atomic E-state index is 13.5. The van der Waals surface area contributed by atoms with E-state index in [1.165, 1.54) is 0 Å². The molecule has 3 aromatic rings. The number of nitriles is 1. The Kier molecular flexibility index (Phi) is 8.59. The molecular formula is C30H36N8O3. The van der Waals surface area contributed by atoms with Gasteiger partial charge in [0.25, 0.3) is 0 Å². The Bertz CT molecular complexity index is 1450. The van der Waals surface area contributed by atoms with Gasteiger partial charge in [0.1, 0.15) is 11.6 Å². The predicted molar refractivity (Wildman–Crippen MR) is 152 cm³/mol. The van der Waals surface area contributed by atoms with E-state index in [1.54, 1.807) is 21.7 Å². The molecule has 1 aromatic heterocycles. The lowest BCUT2D eigenvalue weighted by atomic mass is 9.96. The highest BCUT2D eigenvalue weighted by atomic mass is 16.2. The number of nitrogens with one attached hydrogen (secondary N) is 1. The summed E-state index contributed by atoms with van der Waals surface area (Å²) in [6, 6.07) is 13.7. The Labute approximate surface area is 239 Å². The van der Waals surface area contributed by atoms with E-state index in [4.69, 9.17) is 11.0 Å². The molecule has 3 atom stereocenters. The summed E-state index contributed by atoms with van der Waals surface area (Å²) in [6.07, 6.45) is 3.66. The molecule has 0 saturated carbocycles. The molecule has 3 heterocycles. The van der Waals surface area contributed by atoms with Gasteiger partial charge in [-0.15, -0.1) is 5.10 Å². The number of rotatable bonds is 9. The first-order chi connectivity index (χ1) is 19.8. The van der Waals surface area contributed by atoms with Crippen molar-refractivity contribution in [2.24, 2.45) is 18.7 Å². The van der Waals surface area contributed by atoms with Crippen LogP contribution in [0.2, 0.25) is 0 Å². The van der Waals surface area contributed by atoms with Crippen LogP contribution in [0.5, 0.6) is 0 Å². The van der Waals surface area contributed by atoms with Crippen LogP contribution in [0, 0.1) is 17.2 Å². The van der Waals surface area contributed by atoms with Crippen molar-refractivity contribution >= 4 is 28.8 Å². The number of amides is 3. The number of benzene rings is 2. The topological polar surface area (TPSA) is 150 Å². The van der Waals surface area contributed by atoms with Crippen LogP contribution in [0.4, 0.5) is 0 Å². The van der Waals surface area contributed by atoms with Crippen molar-refractivity contribution in [3.63, 3.8) is 0 Å². The minimum Gasteiger partial charge on any atom is -0.350 e. The summed E-state index contributed by atoms with van der Waals surface area (Å²) in [5.41, 5.74) is 10.5. The highest BCUT2D eigenvalue weighted by Crippen LogP contribution is 2.28. The number of hydrogen-bond acceptors (Lipinski definition) is 7. The Morgan fingerprint density at radius 1 is 1.12 bits per heavy atom. The number of carbonyl (C=O) groups excluding carboxylic acids is 3. The van der Waals surface area contributed by atoms with E-state index in [9.17, 15) is 14.4 Å². The average molecular weight is 557 g/mol. The van der Waals surface area contributed by atoms with Crippen LogP contribution in [0.3, 0.4) is 0 Å². The molecular weight excluding hydrogens is 520 g/mol. The van der Waals surface area contributed by atoms with Crippen molar-refractivity contribution < 1.29 is 14.4 Å². The van der Waals surface area contributed by atoms with E-state index in [-0.39, 0.29) is 36.5 Å². The standard InChI is InChI=1S/C30H36N8O3/c1-36-26-10-8-22(15-25(26)34-35-36)18-33-29(40)27-16-23(14-20-4-6-21(17-31)7-5-20)19-38(27)30(41)24(32)9-11-28(39)37-12-2-3-13-37/h4-8,10,15,23-24,27H,2-3,9,11-14,16,18-19,32H2,1H3,(H,33,40)/t23?,24-,27+/m1/s1. The van der Waals surface area contributed by atoms with Gasteiger partial charge in [-0.25, -0.2) is 4.68 Å². The third-order valence-electron chi connectivity index (χ3n) is 8.17. The third-order valence-corrected chi connectivity index (χ3v) is 8.17. The number of fused-ring (bicyclic) bond motifs is 1. The van der Waals surface area contributed by atoms with Crippen LogP contribution in [-0.4, -0.2) is 74.2 Å². The lowest BCUT2D eigenvalue weighted by Crippen LogP contribution is -2.51. The summed E-state index contributed by atoms with van der Waals surface area (Å²) >= 11 is 0. The SMILES string of the molecule is Cn1nnc2cc(CNC(=O)[C@@H]3CC(Cc4ccc(C#N)cc4)CN3C(=O)[C@H](N)CCC(=O)N3CCCC3)ccc21. The molecule has 0 bridgehead atoms. The van der Waals surface area contributed by atoms with Crippen LogP contribution in [0.25, 0.3) is 11.0 Å². The molecule has 11 heteroatoms. The molecule has 2 aliphatic rings. The van der Waals surface area contributed by atoms with E-state index in [0.29, 0.717) is 31.5 Å². The summed E-state index contributed by atoms with van der Waals surface area (Å²) in [6.45, 7) is 2.21. The maximum absolute atomic E-state index is 13.5. The van der Waals surface area contributed by atoms with Crippen LogP contribution in [0.15, 0.2) is 42.5 Å².